The van der Waals surface area contributed by atoms with Crippen LogP contribution in [0.3, 0.4) is 0 Å². The quantitative estimate of drug-likeness (QED) is 0.0495. The van der Waals surface area contributed by atoms with Crippen molar-refractivity contribution in [3.63, 3.8) is 0 Å². The molecule has 0 bridgehead atoms. The summed E-state index contributed by atoms with van der Waals surface area (Å²) in [7, 11) is 0. The van der Waals surface area contributed by atoms with E-state index in [4.69, 9.17) is 9.47 Å². The summed E-state index contributed by atoms with van der Waals surface area (Å²) in [6, 6.07) is 0.597. The third-order valence-electron chi connectivity index (χ3n) is 12.1. The van der Waals surface area contributed by atoms with Crippen LogP contribution in [0, 0.1) is 11.8 Å². The number of rotatable bonds is 40. The van der Waals surface area contributed by atoms with Gasteiger partial charge in [-0.25, -0.2) is 0 Å². The monoisotopic (exact) mass is 764 g/mol. The molecule has 0 amide bonds. The molecular weight excluding hydrogens is 671 g/mol. The fourth-order valence-electron chi connectivity index (χ4n) is 8.51. The van der Waals surface area contributed by atoms with E-state index in [-0.39, 0.29) is 24.5 Å². The largest absolute Gasteiger partial charge is 0.465 e. The van der Waals surface area contributed by atoms with E-state index in [9.17, 15) is 14.7 Å². The molecule has 0 aromatic rings. The average molecular weight is 764 g/mol. The fraction of sp³-hybridized carbons (Fsp3) is 0.958. The lowest BCUT2D eigenvalue weighted by Crippen LogP contribution is -2.39. The van der Waals surface area contributed by atoms with Crippen LogP contribution in [0.2, 0.25) is 0 Å². The molecule has 1 aliphatic rings. The SMILES string of the molecule is CCCCCCCCCCCCCCCC(=O)OCC(CCCCN(CCO)C1CCCCC1)COC(=O)CC(CCCCCC)CCCCCCCC. The zero-order chi connectivity index (χ0) is 39.2. The number of aliphatic hydroxyl groups is 1. The molecule has 0 aromatic carbocycles. The van der Waals surface area contributed by atoms with Gasteiger partial charge >= 0.3 is 11.9 Å². The van der Waals surface area contributed by atoms with E-state index in [1.807, 2.05) is 0 Å². The van der Waals surface area contributed by atoms with Crippen LogP contribution in [0.25, 0.3) is 0 Å². The van der Waals surface area contributed by atoms with E-state index in [1.165, 1.54) is 167 Å². The number of nitrogens with zero attached hydrogens (tertiary/aromatic N) is 1. The predicted molar refractivity (Wildman–Crippen MR) is 230 cm³/mol. The summed E-state index contributed by atoms with van der Waals surface area (Å²) in [6.45, 7) is 9.43. The molecule has 0 spiro atoms. The highest BCUT2D eigenvalue weighted by Gasteiger charge is 2.22. The van der Waals surface area contributed by atoms with Crippen LogP contribution in [0.5, 0.6) is 0 Å². The van der Waals surface area contributed by atoms with Gasteiger partial charge in [-0.3, -0.25) is 14.5 Å². The molecule has 1 rings (SSSR count). The number of aliphatic hydroxyl groups excluding tert-OH is 1. The normalized spacial score (nSPS) is 14.8. The van der Waals surface area contributed by atoms with E-state index in [0.717, 1.165) is 58.0 Å². The first kappa shape index (κ1) is 50.9. The molecule has 0 saturated heterocycles. The second-order valence-corrected chi connectivity index (χ2v) is 17.2. The van der Waals surface area contributed by atoms with Gasteiger partial charge in [0.1, 0.15) is 0 Å². The smallest absolute Gasteiger partial charge is 0.306 e. The van der Waals surface area contributed by atoms with Crippen molar-refractivity contribution in [2.24, 2.45) is 11.8 Å². The minimum Gasteiger partial charge on any atom is -0.465 e. The summed E-state index contributed by atoms with van der Waals surface area (Å²) in [4.78, 5) is 28.5. The maximum Gasteiger partial charge on any atom is 0.306 e. The van der Waals surface area contributed by atoms with Gasteiger partial charge in [0.05, 0.1) is 19.8 Å². The molecule has 1 N–H and O–H groups in total. The Morgan fingerprint density at radius 3 is 1.46 bits per heavy atom. The number of hydrogen-bond acceptors (Lipinski definition) is 6. The summed E-state index contributed by atoms with van der Waals surface area (Å²) >= 11 is 0. The molecule has 2 atom stereocenters. The summed E-state index contributed by atoms with van der Waals surface area (Å²) in [5, 5.41) is 9.71. The van der Waals surface area contributed by atoms with Crippen LogP contribution < -0.4 is 0 Å². The van der Waals surface area contributed by atoms with Crippen molar-refractivity contribution in [3.8, 4) is 0 Å². The highest BCUT2D eigenvalue weighted by molar-refractivity contribution is 5.70. The Kier molecular flexibility index (Phi) is 36.5. The van der Waals surface area contributed by atoms with Crippen molar-refractivity contribution in [1.82, 2.24) is 4.90 Å². The molecule has 1 aliphatic carbocycles. The second kappa shape index (κ2) is 38.7. The second-order valence-electron chi connectivity index (χ2n) is 17.2. The Bertz CT molecular complexity index is 815. The van der Waals surface area contributed by atoms with Crippen molar-refractivity contribution in [1.29, 1.82) is 0 Å². The Morgan fingerprint density at radius 1 is 0.519 bits per heavy atom. The number of unbranched alkanes of at least 4 members (excludes halogenated alkanes) is 21. The standard InChI is InChI=1S/C48H93NO5/c1-4-7-10-13-15-16-17-18-19-20-21-23-29-37-47(51)53-42-45(34-30-31-38-49(39-40-50)46-35-27-24-28-36-46)43-54-48(52)41-44(32-25-12-9-6-3)33-26-22-14-11-8-5-2/h44-46,50H,4-43H2,1-3H3. The van der Waals surface area contributed by atoms with Crippen LogP contribution in [0.1, 0.15) is 245 Å². The first-order valence-corrected chi connectivity index (χ1v) is 24.2. The number of ether oxygens (including phenoxy) is 2. The molecule has 2 unspecified atom stereocenters. The number of esters is 2. The van der Waals surface area contributed by atoms with E-state index in [0.29, 0.717) is 38.0 Å². The third-order valence-corrected chi connectivity index (χ3v) is 12.1. The number of carbonyl (C=O) groups is 2. The summed E-state index contributed by atoms with van der Waals surface area (Å²) in [6.07, 6.45) is 42.0. The van der Waals surface area contributed by atoms with Gasteiger partial charge in [0.15, 0.2) is 0 Å². The number of hydrogen-bond donors (Lipinski definition) is 1. The van der Waals surface area contributed by atoms with Crippen LogP contribution in [-0.2, 0) is 19.1 Å². The van der Waals surface area contributed by atoms with E-state index in [2.05, 4.69) is 25.7 Å². The van der Waals surface area contributed by atoms with Crippen molar-refractivity contribution in [3.05, 3.63) is 0 Å². The van der Waals surface area contributed by atoms with Crippen LogP contribution in [0.15, 0.2) is 0 Å². The Morgan fingerprint density at radius 2 is 0.944 bits per heavy atom. The highest BCUT2D eigenvalue weighted by Crippen LogP contribution is 2.25. The first-order chi connectivity index (χ1) is 26.5. The van der Waals surface area contributed by atoms with Gasteiger partial charge in [0.25, 0.3) is 0 Å². The highest BCUT2D eigenvalue weighted by atomic mass is 16.5. The zero-order valence-electron chi connectivity index (χ0n) is 36.5. The zero-order valence-corrected chi connectivity index (χ0v) is 36.5. The van der Waals surface area contributed by atoms with Gasteiger partial charge in [0, 0.05) is 31.3 Å². The molecule has 6 heteroatoms. The molecule has 0 aliphatic heterocycles. The first-order valence-electron chi connectivity index (χ1n) is 24.2. The van der Waals surface area contributed by atoms with E-state index < -0.39 is 0 Å². The molecule has 6 nitrogen and oxygen atoms in total. The molecule has 0 heterocycles. The molecule has 0 aromatic heterocycles. The third kappa shape index (κ3) is 31.0. The maximum absolute atomic E-state index is 13.2. The van der Waals surface area contributed by atoms with E-state index >= 15 is 0 Å². The maximum atomic E-state index is 13.2. The molecular formula is C48H93NO5. The van der Waals surface area contributed by atoms with Gasteiger partial charge in [-0.05, 0) is 57.4 Å². The summed E-state index contributed by atoms with van der Waals surface area (Å²) in [5.74, 6) is 0.268. The lowest BCUT2D eigenvalue weighted by Gasteiger charge is -2.34. The topological polar surface area (TPSA) is 76.1 Å². The average Bonchev–Trinajstić information content (AvgIpc) is 3.18. The minimum absolute atomic E-state index is 0.0343. The molecule has 1 saturated carbocycles. The van der Waals surface area contributed by atoms with Gasteiger partial charge in [-0.2, -0.15) is 0 Å². The van der Waals surface area contributed by atoms with Crippen LogP contribution >= 0.6 is 0 Å². The summed E-state index contributed by atoms with van der Waals surface area (Å²) in [5.41, 5.74) is 0. The van der Waals surface area contributed by atoms with Gasteiger partial charge in [0.2, 0.25) is 0 Å². The van der Waals surface area contributed by atoms with Crippen LogP contribution in [0.4, 0.5) is 0 Å². The van der Waals surface area contributed by atoms with Gasteiger partial charge in [-0.15, -0.1) is 0 Å². The Hall–Kier alpha value is -1.14. The fourth-order valence-corrected chi connectivity index (χ4v) is 8.51. The Labute approximate surface area is 336 Å². The summed E-state index contributed by atoms with van der Waals surface area (Å²) < 4.78 is 11.8. The molecule has 1 fully saturated rings. The van der Waals surface area contributed by atoms with Gasteiger partial charge < -0.3 is 14.6 Å². The lowest BCUT2D eigenvalue weighted by molar-refractivity contribution is -0.150. The van der Waals surface area contributed by atoms with E-state index in [1.54, 1.807) is 0 Å². The van der Waals surface area contributed by atoms with Crippen molar-refractivity contribution >= 4 is 11.9 Å². The van der Waals surface area contributed by atoms with Crippen molar-refractivity contribution in [2.45, 2.75) is 252 Å². The van der Waals surface area contributed by atoms with Gasteiger partial charge in [-0.1, -0.05) is 188 Å². The molecule has 54 heavy (non-hydrogen) atoms. The number of carbonyl (C=O) groups excluding carboxylic acids is 2. The Balaban J connectivity index is 2.53. The van der Waals surface area contributed by atoms with Crippen molar-refractivity contribution in [2.75, 3.05) is 32.9 Å². The molecule has 0 radical (unpaired) electrons. The minimum atomic E-state index is -0.105. The predicted octanol–water partition coefficient (Wildman–Crippen LogP) is 13.7. The van der Waals surface area contributed by atoms with Crippen molar-refractivity contribution < 1.29 is 24.2 Å². The van der Waals surface area contributed by atoms with Crippen LogP contribution in [-0.4, -0.2) is 60.9 Å². The lowest BCUT2D eigenvalue weighted by atomic mass is 9.91. The molecule has 320 valence electrons.